The van der Waals surface area contributed by atoms with E-state index in [1.54, 1.807) is 5.32 Å². The van der Waals surface area contributed by atoms with Crippen LogP contribution < -0.4 is 5.32 Å². The van der Waals surface area contributed by atoms with Crippen LogP contribution in [0.15, 0.2) is 0 Å². The molecule has 0 aromatic carbocycles. The van der Waals surface area contributed by atoms with E-state index in [1.165, 1.54) is 0 Å². The molecule has 12 heavy (non-hydrogen) atoms. The molecule has 1 amide bonds. The van der Waals surface area contributed by atoms with Gasteiger partial charge in [-0.05, 0) is 21.2 Å². The lowest BCUT2D eigenvalue weighted by Crippen LogP contribution is -2.39. The molecule has 0 rings (SSSR count). The Bertz CT molecular complexity index is 163. The molecule has 0 heterocycles. The van der Waals surface area contributed by atoms with E-state index in [1.807, 2.05) is 9.39 Å². The SMILES string of the molecule is O=C(NCCN(P)Cl)C(F)(F)F. The Hall–Kier alpha value is -0.0600. The van der Waals surface area contributed by atoms with Crippen LogP contribution in [0.25, 0.3) is 0 Å². The average molecular weight is 223 g/mol. The van der Waals surface area contributed by atoms with Crippen LogP contribution in [0, 0.1) is 0 Å². The number of alkyl halides is 3. The van der Waals surface area contributed by atoms with E-state index < -0.39 is 12.1 Å². The molecule has 1 unspecified atom stereocenters. The Morgan fingerprint density at radius 3 is 2.42 bits per heavy atom. The lowest BCUT2D eigenvalue weighted by atomic mass is 10.5. The van der Waals surface area contributed by atoms with Gasteiger partial charge in [0.15, 0.2) is 0 Å². The minimum atomic E-state index is -4.82. The minimum Gasteiger partial charge on any atom is -0.347 e. The summed E-state index contributed by atoms with van der Waals surface area (Å²) in [6.45, 7) is -0.0284. The lowest BCUT2D eigenvalue weighted by molar-refractivity contribution is -0.173. The Morgan fingerprint density at radius 2 is 2.08 bits per heavy atom. The first kappa shape index (κ1) is 11.9. The van der Waals surface area contributed by atoms with Crippen LogP contribution in [0.3, 0.4) is 0 Å². The second-order valence-electron chi connectivity index (χ2n) is 1.88. The smallest absolute Gasteiger partial charge is 0.347 e. The molecule has 0 aliphatic heterocycles. The zero-order chi connectivity index (χ0) is 9.78. The highest BCUT2D eigenvalue weighted by atomic mass is 35.5. The molecule has 0 bridgehead atoms. The van der Waals surface area contributed by atoms with Crippen molar-refractivity contribution in [3.05, 3.63) is 0 Å². The average Bonchev–Trinajstić information content (AvgIpc) is 1.84. The van der Waals surface area contributed by atoms with Crippen LogP contribution in [-0.2, 0) is 4.79 Å². The van der Waals surface area contributed by atoms with Crippen LogP contribution in [0.4, 0.5) is 13.2 Å². The van der Waals surface area contributed by atoms with E-state index in [0.29, 0.717) is 0 Å². The van der Waals surface area contributed by atoms with E-state index in [4.69, 9.17) is 11.8 Å². The first-order valence-corrected chi connectivity index (χ1v) is 3.72. The molecule has 0 aliphatic rings. The molecular weight excluding hydrogens is 215 g/mol. The number of hydrogen-bond acceptors (Lipinski definition) is 2. The zero-order valence-corrected chi connectivity index (χ0v) is 7.77. The Kier molecular flexibility index (Phi) is 4.82. The fourth-order valence-corrected chi connectivity index (χ4v) is 0.590. The predicted octanol–water partition coefficient (Wildman–Crippen LogP) is 0.911. The maximum Gasteiger partial charge on any atom is 0.471 e. The van der Waals surface area contributed by atoms with Crippen LogP contribution in [0.2, 0.25) is 0 Å². The molecule has 0 aromatic heterocycles. The lowest BCUT2D eigenvalue weighted by Gasteiger charge is -2.09. The number of rotatable bonds is 3. The van der Waals surface area contributed by atoms with Crippen molar-refractivity contribution >= 4 is 27.1 Å². The topological polar surface area (TPSA) is 32.3 Å². The molecule has 0 saturated carbocycles. The number of nitrogens with one attached hydrogen (secondary N) is 1. The number of halogens is 4. The summed E-state index contributed by atoms with van der Waals surface area (Å²) in [5.74, 6) is -1.95. The first-order chi connectivity index (χ1) is 5.34. The van der Waals surface area contributed by atoms with Gasteiger partial charge in [0.2, 0.25) is 0 Å². The highest BCUT2D eigenvalue weighted by Crippen LogP contribution is 2.13. The largest absolute Gasteiger partial charge is 0.471 e. The van der Waals surface area contributed by atoms with E-state index in [2.05, 4.69) is 0 Å². The molecule has 0 aliphatic carbocycles. The molecule has 72 valence electrons. The molecule has 3 nitrogen and oxygen atoms in total. The van der Waals surface area contributed by atoms with E-state index in [-0.39, 0.29) is 13.1 Å². The van der Waals surface area contributed by atoms with Gasteiger partial charge in [0.05, 0.1) is 0 Å². The number of carbonyl (C=O) groups excluding carboxylic acids is 1. The van der Waals surface area contributed by atoms with Gasteiger partial charge in [0, 0.05) is 13.1 Å². The summed E-state index contributed by atoms with van der Waals surface area (Å²) in [4.78, 5) is 10.1. The fourth-order valence-electron chi connectivity index (χ4n) is 0.376. The molecule has 8 heteroatoms. The van der Waals surface area contributed by atoms with Crippen molar-refractivity contribution in [3.8, 4) is 0 Å². The number of hydrogen-bond donors (Lipinski definition) is 1. The van der Waals surface area contributed by atoms with Gasteiger partial charge in [0.25, 0.3) is 0 Å². The third-order valence-corrected chi connectivity index (χ3v) is 1.30. The van der Waals surface area contributed by atoms with E-state index in [0.717, 1.165) is 4.19 Å². The predicted molar refractivity (Wildman–Crippen MR) is 41.3 cm³/mol. The van der Waals surface area contributed by atoms with Crippen LogP contribution in [0.5, 0.6) is 0 Å². The van der Waals surface area contributed by atoms with Crippen LogP contribution in [-0.4, -0.2) is 29.4 Å². The zero-order valence-electron chi connectivity index (χ0n) is 5.86. The normalized spacial score (nSPS) is 11.8. The van der Waals surface area contributed by atoms with Gasteiger partial charge in [-0.1, -0.05) is 0 Å². The van der Waals surface area contributed by atoms with Gasteiger partial charge in [-0.15, -0.1) is 0 Å². The maximum absolute atomic E-state index is 11.5. The number of amides is 1. The van der Waals surface area contributed by atoms with Gasteiger partial charge in [-0.2, -0.15) is 13.2 Å². The Balaban J connectivity index is 3.59. The minimum absolute atomic E-state index is 0.119. The summed E-state index contributed by atoms with van der Waals surface area (Å²) < 4.78 is 35.6. The van der Waals surface area contributed by atoms with Crippen LogP contribution >= 0.6 is 21.2 Å². The number of nitrogens with zero attached hydrogens (tertiary/aromatic N) is 1. The van der Waals surface area contributed by atoms with Gasteiger partial charge in [-0.25, -0.2) is 4.19 Å². The molecule has 0 saturated heterocycles. The van der Waals surface area contributed by atoms with Gasteiger partial charge >= 0.3 is 12.1 Å². The quantitative estimate of drug-likeness (QED) is 0.569. The van der Waals surface area contributed by atoms with Crippen molar-refractivity contribution in [2.24, 2.45) is 0 Å². The molecule has 0 radical (unpaired) electrons. The molecule has 1 atom stereocenters. The van der Waals surface area contributed by atoms with Crippen molar-refractivity contribution in [1.82, 2.24) is 9.51 Å². The van der Waals surface area contributed by atoms with Crippen molar-refractivity contribution in [1.29, 1.82) is 0 Å². The summed E-state index contributed by atoms with van der Waals surface area (Å²) in [7, 11) is 2.04. The summed E-state index contributed by atoms with van der Waals surface area (Å²) in [6, 6.07) is 0. The highest BCUT2D eigenvalue weighted by Gasteiger charge is 2.38. The Morgan fingerprint density at radius 1 is 1.58 bits per heavy atom. The molecular formula is C4H7ClF3N2OP. The summed E-state index contributed by atoms with van der Waals surface area (Å²) in [5.41, 5.74) is 0. The first-order valence-electron chi connectivity index (χ1n) is 2.87. The third kappa shape index (κ3) is 5.57. The van der Waals surface area contributed by atoms with E-state index in [9.17, 15) is 18.0 Å². The molecule has 0 fully saturated rings. The summed E-state index contributed by atoms with van der Waals surface area (Å²) >= 11 is 5.24. The van der Waals surface area contributed by atoms with Crippen molar-refractivity contribution in [2.45, 2.75) is 6.18 Å². The molecule has 0 aromatic rings. The number of carbonyl (C=O) groups is 1. The van der Waals surface area contributed by atoms with Crippen molar-refractivity contribution < 1.29 is 18.0 Å². The second kappa shape index (κ2) is 4.84. The fraction of sp³-hybridized carbons (Fsp3) is 0.750. The second-order valence-corrected chi connectivity index (χ2v) is 3.26. The van der Waals surface area contributed by atoms with Gasteiger partial charge in [-0.3, -0.25) is 4.79 Å². The van der Waals surface area contributed by atoms with Crippen molar-refractivity contribution in [3.63, 3.8) is 0 Å². The van der Waals surface area contributed by atoms with Crippen LogP contribution in [0.1, 0.15) is 0 Å². The standard InChI is InChI=1S/C4H7ClF3N2OP/c5-10(12)2-1-9-3(11)4(6,7)8/h1-2,12H2,(H,9,11). The summed E-state index contributed by atoms with van der Waals surface area (Å²) in [5, 5.41) is 1.65. The highest BCUT2D eigenvalue weighted by molar-refractivity contribution is 7.15. The third-order valence-electron chi connectivity index (χ3n) is 0.868. The van der Waals surface area contributed by atoms with Gasteiger partial charge < -0.3 is 5.32 Å². The monoisotopic (exact) mass is 222 g/mol. The Labute approximate surface area is 74.6 Å². The maximum atomic E-state index is 11.5. The van der Waals surface area contributed by atoms with Gasteiger partial charge in [0.1, 0.15) is 0 Å². The molecule has 1 N–H and O–H groups in total. The molecule has 0 spiro atoms. The van der Waals surface area contributed by atoms with E-state index >= 15 is 0 Å². The summed E-state index contributed by atoms with van der Waals surface area (Å²) in [6.07, 6.45) is -4.82. The van der Waals surface area contributed by atoms with Crippen molar-refractivity contribution in [2.75, 3.05) is 13.1 Å².